The van der Waals surface area contributed by atoms with Crippen molar-refractivity contribution < 1.29 is 14.3 Å². The van der Waals surface area contributed by atoms with Gasteiger partial charge in [-0.25, -0.2) is 0 Å². The summed E-state index contributed by atoms with van der Waals surface area (Å²) in [5.41, 5.74) is 2.25. The fraction of sp³-hybridized carbons (Fsp3) is 0.188. The molecule has 0 heterocycles. The van der Waals surface area contributed by atoms with Crippen LogP contribution in [0.4, 0.5) is 5.69 Å². The number of nitrogens with one attached hydrogen (secondary N) is 1. The molecule has 0 aliphatic carbocycles. The van der Waals surface area contributed by atoms with Crippen molar-refractivity contribution in [1.82, 2.24) is 0 Å². The molecule has 21 heavy (non-hydrogen) atoms. The average molecular weight is 350 g/mol. The molecule has 0 saturated carbocycles. The molecule has 2 aromatic rings. The van der Waals surface area contributed by atoms with Crippen LogP contribution >= 0.6 is 15.9 Å². The Kier molecular flexibility index (Phi) is 4.85. The quantitative estimate of drug-likeness (QED) is 0.906. The Morgan fingerprint density at radius 1 is 1.10 bits per heavy atom. The van der Waals surface area contributed by atoms with Crippen molar-refractivity contribution >= 4 is 27.5 Å². The zero-order chi connectivity index (χ0) is 15.4. The van der Waals surface area contributed by atoms with Crippen LogP contribution in [-0.4, -0.2) is 20.1 Å². The third kappa shape index (κ3) is 3.55. The predicted molar refractivity (Wildman–Crippen MR) is 86.4 cm³/mol. The number of carbonyl (C=O) groups excluding carboxylic acids is 1. The van der Waals surface area contributed by atoms with Gasteiger partial charge in [0, 0.05) is 16.1 Å². The molecule has 0 saturated heterocycles. The highest BCUT2D eigenvalue weighted by Gasteiger charge is 2.12. The molecule has 110 valence electrons. The zero-order valence-electron chi connectivity index (χ0n) is 12.1. The van der Waals surface area contributed by atoms with Crippen LogP contribution in [0.3, 0.4) is 0 Å². The number of ether oxygens (including phenoxy) is 2. The lowest BCUT2D eigenvalue weighted by Crippen LogP contribution is -2.12. The summed E-state index contributed by atoms with van der Waals surface area (Å²) in [5.74, 6) is 0.920. The van der Waals surface area contributed by atoms with Crippen molar-refractivity contribution in [2.24, 2.45) is 0 Å². The maximum Gasteiger partial charge on any atom is 0.255 e. The third-order valence-corrected chi connectivity index (χ3v) is 4.11. The normalized spacial score (nSPS) is 10.1. The number of benzene rings is 2. The van der Waals surface area contributed by atoms with Crippen LogP contribution in [0.1, 0.15) is 15.9 Å². The van der Waals surface area contributed by atoms with E-state index >= 15 is 0 Å². The summed E-state index contributed by atoms with van der Waals surface area (Å²) < 4.78 is 11.2. The SMILES string of the molecule is COc1cc(OC)cc(C(=O)Nc2cccc(C)c2Br)c1. The van der Waals surface area contributed by atoms with Crippen LogP contribution in [0.25, 0.3) is 0 Å². The first-order valence-electron chi connectivity index (χ1n) is 6.34. The van der Waals surface area contributed by atoms with Crippen molar-refractivity contribution in [2.75, 3.05) is 19.5 Å². The molecule has 5 heteroatoms. The largest absolute Gasteiger partial charge is 0.497 e. The molecule has 0 atom stereocenters. The van der Waals surface area contributed by atoms with E-state index in [4.69, 9.17) is 9.47 Å². The minimum absolute atomic E-state index is 0.224. The highest BCUT2D eigenvalue weighted by atomic mass is 79.9. The lowest BCUT2D eigenvalue weighted by Gasteiger charge is -2.11. The summed E-state index contributed by atoms with van der Waals surface area (Å²) in [6, 6.07) is 10.8. The van der Waals surface area contributed by atoms with Crippen LogP contribution in [0.15, 0.2) is 40.9 Å². The monoisotopic (exact) mass is 349 g/mol. The van der Waals surface area contributed by atoms with E-state index in [2.05, 4.69) is 21.2 Å². The maximum absolute atomic E-state index is 12.4. The van der Waals surface area contributed by atoms with E-state index in [1.807, 2.05) is 25.1 Å². The average Bonchev–Trinajstić information content (AvgIpc) is 2.51. The van der Waals surface area contributed by atoms with Gasteiger partial charge in [-0.15, -0.1) is 0 Å². The number of aryl methyl sites for hydroxylation is 1. The topological polar surface area (TPSA) is 47.6 Å². The Hall–Kier alpha value is -2.01. The van der Waals surface area contributed by atoms with Crippen LogP contribution in [0.5, 0.6) is 11.5 Å². The molecule has 0 aliphatic heterocycles. The van der Waals surface area contributed by atoms with Crippen molar-refractivity contribution in [3.05, 3.63) is 52.0 Å². The predicted octanol–water partition coefficient (Wildman–Crippen LogP) is 4.03. The van der Waals surface area contributed by atoms with Gasteiger partial charge in [0.25, 0.3) is 5.91 Å². The highest BCUT2D eigenvalue weighted by Crippen LogP contribution is 2.27. The zero-order valence-corrected chi connectivity index (χ0v) is 13.7. The number of halogens is 1. The molecule has 2 rings (SSSR count). The molecular weight excluding hydrogens is 334 g/mol. The Labute approximate surface area is 132 Å². The van der Waals surface area contributed by atoms with Gasteiger partial charge >= 0.3 is 0 Å². The number of rotatable bonds is 4. The second-order valence-electron chi connectivity index (χ2n) is 4.49. The third-order valence-electron chi connectivity index (χ3n) is 3.05. The van der Waals surface area contributed by atoms with Gasteiger partial charge in [-0.1, -0.05) is 12.1 Å². The minimum Gasteiger partial charge on any atom is -0.497 e. The van der Waals surface area contributed by atoms with Crippen molar-refractivity contribution in [2.45, 2.75) is 6.92 Å². The molecule has 0 aliphatic rings. The van der Waals surface area contributed by atoms with Crippen LogP contribution in [0.2, 0.25) is 0 Å². The molecule has 2 aromatic carbocycles. The van der Waals surface area contributed by atoms with Gasteiger partial charge < -0.3 is 14.8 Å². The molecule has 0 unspecified atom stereocenters. The summed E-state index contributed by atoms with van der Waals surface area (Å²) in [6.07, 6.45) is 0. The molecule has 0 bridgehead atoms. The minimum atomic E-state index is -0.224. The van der Waals surface area contributed by atoms with Gasteiger partial charge in [-0.05, 0) is 46.6 Å². The van der Waals surface area contributed by atoms with E-state index in [0.29, 0.717) is 17.1 Å². The Balaban J connectivity index is 2.30. The molecule has 0 fully saturated rings. The van der Waals surface area contributed by atoms with Gasteiger partial charge in [0.1, 0.15) is 11.5 Å². The molecule has 0 radical (unpaired) electrons. The molecule has 1 amide bonds. The smallest absolute Gasteiger partial charge is 0.255 e. The van der Waals surface area contributed by atoms with Crippen molar-refractivity contribution in [3.63, 3.8) is 0 Å². The van der Waals surface area contributed by atoms with Crippen molar-refractivity contribution in [3.8, 4) is 11.5 Å². The van der Waals surface area contributed by atoms with Gasteiger partial charge in [0.2, 0.25) is 0 Å². The summed E-state index contributed by atoms with van der Waals surface area (Å²) in [7, 11) is 3.10. The molecule has 0 spiro atoms. The number of anilines is 1. The Morgan fingerprint density at radius 3 is 2.29 bits per heavy atom. The summed E-state index contributed by atoms with van der Waals surface area (Å²) in [4.78, 5) is 12.4. The first-order valence-corrected chi connectivity index (χ1v) is 7.14. The van der Waals surface area contributed by atoms with E-state index in [1.165, 1.54) is 0 Å². The summed E-state index contributed by atoms with van der Waals surface area (Å²) in [5, 5.41) is 2.87. The highest BCUT2D eigenvalue weighted by molar-refractivity contribution is 9.10. The van der Waals surface area contributed by atoms with E-state index in [0.717, 1.165) is 15.7 Å². The van der Waals surface area contributed by atoms with Crippen molar-refractivity contribution in [1.29, 1.82) is 0 Å². The van der Waals surface area contributed by atoms with Gasteiger partial charge in [-0.3, -0.25) is 4.79 Å². The second-order valence-corrected chi connectivity index (χ2v) is 5.28. The number of hydrogen-bond donors (Lipinski definition) is 1. The van der Waals surface area contributed by atoms with E-state index in [-0.39, 0.29) is 5.91 Å². The first kappa shape index (κ1) is 15.4. The van der Waals surface area contributed by atoms with Gasteiger partial charge in [0.05, 0.1) is 19.9 Å². The lowest BCUT2D eigenvalue weighted by atomic mass is 10.1. The molecule has 1 N–H and O–H groups in total. The standard InChI is InChI=1S/C16H16BrNO3/c1-10-5-4-6-14(15(10)17)18-16(19)11-7-12(20-2)9-13(8-11)21-3/h4-9H,1-3H3,(H,18,19). The fourth-order valence-corrected chi connectivity index (χ4v) is 2.24. The lowest BCUT2D eigenvalue weighted by molar-refractivity contribution is 0.102. The van der Waals surface area contributed by atoms with E-state index in [9.17, 15) is 4.79 Å². The molecular formula is C16H16BrNO3. The summed E-state index contributed by atoms with van der Waals surface area (Å²) in [6.45, 7) is 1.97. The van der Waals surface area contributed by atoms with Gasteiger partial charge in [-0.2, -0.15) is 0 Å². The molecule has 4 nitrogen and oxygen atoms in total. The number of carbonyl (C=O) groups is 1. The Bertz CT molecular complexity index is 648. The number of hydrogen-bond acceptors (Lipinski definition) is 3. The summed E-state index contributed by atoms with van der Waals surface area (Å²) >= 11 is 3.47. The second kappa shape index (κ2) is 6.63. The first-order chi connectivity index (χ1) is 10.0. The van der Waals surface area contributed by atoms with Crippen LogP contribution in [-0.2, 0) is 0 Å². The molecule has 0 aromatic heterocycles. The van der Waals surface area contributed by atoms with Crippen LogP contribution in [0, 0.1) is 6.92 Å². The fourth-order valence-electron chi connectivity index (χ4n) is 1.88. The van der Waals surface area contributed by atoms with E-state index < -0.39 is 0 Å². The number of amides is 1. The maximum atomic E-state index is 12.4. The Morgan fingerprint density at radius 2 is 1.71 bits per heavy atom. The van der Waals surface area contributed by atoms with Gasteiger partial charge in [0.15, 0.2) is 0 Å². The van der Waals surface area contributed by atoms with E-state index in [1.54, 1.807) is 32.4 Å². The van der Waals surface area contributed by atoms with Crippen LogP contribution < -0.4 is 14.8 Å². The number of methoxy groups -OCH3 is 2.